The van der Waals surface area contributed by atoms with Gasteiger partial charge in [0.2, 0.25) is 5.91 Å². The fraction of sp³-hybridized carbons (Fsp3) is 0.364. The number of carbonyl (C=O) groups is 3. The first-order valence-electron chi connectivity index (χ1n) is 10.1. The molecule has 9 heteroatoms. The van der Waals surface area contributed by atoms with Crippen LogP contribution in [0.1, 0.15) is 21.5 Å². The molecule has 0 N–H and O–H groups in total. The normalized spacial score (nSPS) is 17.0. The van der Waals surface area contributed by atoms with Gasteiger partial charge >= 0.3 is 6.03 Å². The van der Waals surface area contributed by atoms with Gasteiger partial charge in [0.05, 0.1) is 11.3 Å². The van der Waals surface area contributed by atoms with Gasteiger partial charge in [0.25, 0.3) is 5.91 Å². The average Bonchev–Trinajstić information content (AvgIpc) is 3.00. The van der Waals surface area contributed by atoms with Gasteiger partial charge in [0, 0.05) is 44.4 Å². The van der Waals surface area contributed by atoms with Crippen LogP contribution in [0.15, 0.2) is 30.5 Å². The van der Waals surface area contributed by atoms with E-state index in [1.807, 2.05) is 20.0 Å². The summed E-state index contributed by atoms with van der Waals surface area (Å²) in [6.45, 7) is 6.33. The van der Waals surface area contributed by atoms with Crippen molar-refractivity contribution in [1.82, 2.24) is 14.8 Å². The number of aryl methyl sites for hydroxylation is 2. The van der Waals surface area contributed by atoms with Crippen molar-refractivity contribution in [2.75, 3.05) is 49.6 Å². The fourth-order valence-corrected chi connectivity index (χ4v) is 4.19. The Morgan fingerprint density at radius 2 is 1.77 bits per heavy atom. The zero-order valence-electron chi connectivity index (χ0n) is 17.8. The van der Waals surface area contributed by atoms with Crippen LogP contribution in [0.4, 0.5) is 16.3 Å². The maximum absolute atomic E-state index is 13.3. The summed E-state index contributed by atoms with van der Waals surface area (Å²) in [5, 5.41) is 0.395. The first kappa shape index (κ1) is 21.1. The van der Waals surface area contributed by atoms with E-state index in [1.165, 1.54) is 11.9 Å². The molecule has 2 aromatic rings. The van der Waals surface area contributed by atoms with E-state index in [9.17, 15) is 14.4 Å². The van der Waals surface area contributed by atoms with Gasteiger partial charge in [0.15, 0.2) is 0 Å². The molecular formula is C22H24ClN5O3. The molecule has 0 unspecified atom stereocenters. The number of benzene rings is 1. The minimum absolute atomic E-state index is 0.109. The largest absolute Gasteiger partial charge is 0.353 e. The number of urea groups is 1. The van der Waals surface area contributed by atoms with Crippen LogP contribution in [0.3, 0.4) is 0 Å². The van der Waals surface area contributed by atoms with Gasteiger partial charge < -0.3 is 9.80 Å². The molecule has 0 atom stereocenters. The van der Waals surface area contributed by atoms with Gasteiger partial charge in [-0.3, -0.25) is 19.4 Å². The minimum atomic E-state index is -0.466. The number of carbonyl (C=O) groups excluding carboxylic acids is 3. The standard InChI is InChI=1S/C22H24ClN5O3/c1-14-10-15(2)20(24-12-14)26-6-8-27(9-7-26)21(30)17-5-4-16(23)11-18(17)28-13-19(29)25(3)22(28)31/h4-5,10-12H,6-9,13H2,1-3H3. The molecule has 2 aliphatic rings. The van der Waals surface area contributed by atoms with Crippen LogP contribution in [0.25, 0.3) is 0 Å². The van der Waals surface area contributed by atoms with E-state index in [0.717, 1.165) is 21.8 Å². The minimum Gasteiger partial charge on any atom is -0.353 e. The summed E-state index contributed by atoms with van der Waals surface area (Å²) in [6, 6.07) is 6.45. The Kier molecular flexibility index (Phi) is 5.58. The molecule has 1 aromatic carbocycles. The summed E-state index contributed by atoms with van der Waals surface area (Å²) in [6.07, 6.45) is 1.85. The Morgan fingerprint density at radius 1 is 1.06 bits per heavy atom. The molecule has 3 heterocycles. The highest BCUT2D eigenvalue weighted by molar-refractivity contribution is 6.31. The highest BCUT2D eigenvalue weighted by Crippen LogP contribution is 2.30. The van der Waals surface area contributed by atoms with Gasteiger partial charge in [-0.05, 0) is 43.2 Å². The molecule has 4 rings (SSSR count). The Labute approximate surface area is 186 Å². The van der Waals surface area contributed by atoms with Crippen LogP contribution in [0.2, 0.25) is 5.02 Å². The number of amides is 4. The summed E-state index contributed by atoms with van der Waals surface area (Å²) in [7, 11) is 1.43. The predicted octanol–water partition coefficient (Wildman–Crippen LogP) is 2.71. The SMILES string of the molecule is Cc1cnc(N2CCN(C(=O)c3ccc(Cl)cc3N3CC(=O)N(C)C3=O)CC2)c(C)c1. The molecule has 0 saturated carbocycles. The Morgan fingerprint density at radius 3 is 2.39 bits per heavy atom. The van der Waals surface area contributed by atoms with Gasteiger partial charge in [0.1, 0.15) is 12.4 Å². The van der Waals surface area contributed by atoms with Crippen molar-refractivity contribution in [3.05, 3.63) is 52.2 Å². The van der Waals surface area contributed by atoms with E-state index in [0.29, 0.717) is 42.5 Å². The average molecular weight is 442 g/mol. The fourth-order valence-electron chi connectivity index (χ4n) is 4.02. The van der Waals surface area contributed by atoms with Crippen molar-refractivity contribution >= 4 is 41.0 Å². The number of aromatic nitrogens is 1. The third-order valence-electron chi connectivity index (χ3n) is 5.72. The van der Waals surface area contributed by atoms with Crippen LogP contribution in [-0.2, 0) is 4.79 Å². The van der Waals surface area contributed by atoms with E-state index >= 15 is 0 Å². The number of nitrogens with zero attached hydrogens (tertiary/aromatic N) is 5. The Bertz CT molecular complexity index is 1070. The molecular weight excluding hydrogens is 418 g/mol. The molecule has 0 spiro atoms. The first-order chi connectivity index (χ1) is 14.8. The Balaban J connectivity index is 1.53. The molecule has 0 aliphatic carbocycles. The molecule has 2 fully saturated rings. The van der Waals surface area contributed by atoms with Gasteiger partial charge in [-0.15, -0.1) is 0 Å². The third kappa shape index (κ3) is 3.95. The van der Waals surface area contributed by atoms with Crippen molar-refractivity contribution in [3.63, 3.8) is 0 Å². The first-order valence-corrected chi connectivity index (χ1v) is 10.5. The van der Waals surface area contributed by atoms with Crippen LogP contribution >= 0.6 is 11.6 Å². The molecule has 0 radical (unpaired) electrons. The maximum atomic E-state index is 13.3. The van der Waals surface area contributed by atoms with Crippen LogP contribution < -0.4 is 9.80 Å². The molecule has 1 aromatic heterocycles. The van der Waals surface area contributed by atoms with Crippen LogP contribution in [0.5, 0.6) is 0 Å². The molecule has 0 bridgehead atoms. The summed E-state index contributed by atoms with van der Waals surface area (Å²) in [5.41, 5.74) is 2.95. The summed E-state index contributed by atoms with van der Waals surface area (Å²) < 4.78 is 0. The number of halogens is 1. The molecule has 8 nitrogen and oxygen atoms in total. The lowest BCUT2D eigenvalue weighted by atomic mass is 10.1. The van der Waals surface area contributed by atoms with E-state index < -0.39 is 6.03 Å². The lowest BCUT2D eigenvalue weighted by molar-refractivity contribution is -0.123. The number of rotatable bonds is 3. The van der Waals surface area contributed by atoms with Crippen molar-refractivity contribution in [3.8, 4) is 0 Å². The van der Waals surface area contributed by atoms with Crippen LogP contribution in [-0.4, -0.2) is 72.4 Å². The van der Waals surface area contributed by atoms with Crippen molar-refractivity contribution in [2.24, 2.45) is 0 Å². The van der Waals surface area contributed by atoms with E-state index in [4.69, 9.17) is 11.6 Å². The third-order valence-corrected chi connectivity index (χ3v) is 5.96. The van der Waals surface area contributed by atoms with Gasteiger partial charge in [-0.25, -0.2) is 9.78 Å². The number of anilines is 2. The van der Waals surface area contributed by atoms with Crippen molar-refractivity contribution in [2.45, 2.75) is 13.8 Å². The molecule has 4 amide bonds. The monoisotopic (exact) mass is 441 g/mol. The van der Waals surface area contributed by atoms with Crippen molar-refractivity contribution in [1.29, 1.82) is 0 Å². The lowest BCUT2D eigenvalue weighted by Gasteiger charge is -2.36. The maximum Gasteiger partial charge on any atom is 0.331 e. The second-order valence-corrected chi connectivity index (χ2v) is 8.35. The number of hydrogen-bond donors (Lipinski definition) is 0. The lowest BCUT2D eigenvalue weighted by Crippen LogP contribution is -2.49. The number of piperazine rings is 1. The predicted molar refractivity (Wildman–Crippen MR) is 119 cm³/mol. The number of imide groups is 1. The topological polar surface area (TPSA) is 77.1 Å². The number of pyridine rings is 1. The van der Waals surface area contributed by atoms with E-state index in [2.05, 4.69) is 16.0 Å². The van der Waals surface area contributed by atoms with Gasteiger partial charge in [-0.2, -0.15) is 0 Å². The van der Waals surface area contributed by atoms with E-state index in [-0.39, 0.29) is 18.4 Å². The van der Waals surface area contributed by atoms with Crippen LogP contribution in [0, 0.1) is 13.8 Å². The summed E-state index contributed by atoms with van der Waals surface area (Å²) in [5.74, 6) is 0.432. The molecule has 31 heavy (non-hydrogen) atoms. The summed E-state index contributed by atoms with van der Waals surface area (Å²) in [4.78, 5) is 48.6. The van der Waals surface area contributed by atoms with E-state index in [1.54, 1.807) is 23.1 Å². The zero-order chi connectivity index (χ0) is 22.3. The smallest absolute Gasteiger partial charge is 0.331 e. The number of likely N-dealkylation sites (N-methyl/N-ethyl adjacent to an activating group) is 1. The molecule has 162 valence electrons. The second-order valence-electron chi connectivity index (χ2n) is 7.92. The molecule has 2 aliphatic heterocycles. The highest BCUT2D eigenvalue weighted by atomic mass is 35.5. The van der Waals surface area contributed by atoms with Gasteiger partial charge in [-0.1, -0.05) is 17.7 Å². The second kappa shape index (κ2) is 8.19. The molecule has 2 saturated heterocycles. The highest BCUT2D eigenvalue weighted by Gasteiger charge is 2.37. The number of hydrogen-bond acceptors (Lipinski definition) is 5. The zero-order valence-corrected chi connectivity index (χ0v) is 18.5. The van der Waals surface area contributed by atoms with Crippen molar-refractivity contribution < 1.29 is 14.4 Å². The Hall–Kier alpha value is -3.13. The quantitative estimate of drug-likeness (QED) is 0.684. The summed E-state index contributed by atoms with van der Waals surface area (Å²) >= 11 is 6.14.